The second kappa shape index (κ2) is 10.7. The van der Waals surface area contributed by atoms with Crippen LogP contribution in [0.15, 0.2) is 78.9 Å². The van der Waals surface area contributed by atoms with Crippen molar-refractivity contribution in [3.63, 3.8) is 0 Å². The first-order valence-corrected chi connectivity index (χ1v) is 12.4. The summed E-state index contributed by atoms with van der Waals surface area (Å²) in [6, 6.07) is 24.7. The predicted molar refractivity (Wildman–Crippen MR) is 143 cm³/mol. The minimum absolute atomic E-state index is 0.0705. The predicted octanol–water partition coefficient (Wildman–Crippen LogP) is 5.70. The van der Waals surface area contributed by atoms with Gasteiger partial charge in [0.1, 0.15) is 12.4 Å². The zero-order chi connectivity index (χ0) is 25.8. The third-order valence-electron chi connectivity index (χ3n) is 6.50. The molecule has 0 bridgehead atoms. The van der Waals surface area contributed by atoms with Crippen molar-refractivity contribution in [2.75, 3.05) is 19.0 Å². The molecule has 1 atom stereocenters. The van der Waals surface area contributed by atoms with Crippen molar-refractivity contribution in [1.82, 2.24) is 9.88 Å². The number of nitrogens with one attached hydrogen (secondary N) is 1. The number of rotatable bonds is 10. The molecule has 4 aromatic rings. The van der Waals surface area contributed by atoms with E-state index < -0.39 is 0 Å². The molecule has 37 heavy (non-hydrogen) atoms. The summed E-state index contributed by atoms with van der Waals surface area (Å²) < 4.78 is 11.4. The Labute approximate surface area is 216 Å². The standard InChI is InChI=1S/C30H29N3O4/c1-20(9-8-16-33-29(34)24-12-6-7-13-25(24)30(33)35)31-26-18-23(36-2)17-22-14-15-27(32-28(22)26)37-19-21-10-4-3-5-11-21/h3-7,10-15,17-18,20,31H,8-9,16,19H2,1-2H3. The summed E-state index contributed by atoms with van der Waals surface area (Å²) in [7, 11) is 1.64. The maximum atomic E-state index is 12.6. The summed E-state index contributed by atoms with van der Waals surface area (Å²) in [5, 5.41) is 4.48. The van der Waals surface area contributed by atoms with E-state index in [4.69, 9.17) is 14.5 Å². The smallest absolute Gasteiger partial charge is 0.261 e. The third-order valence-corrected chi connectivity index (χ3v) is 6.50. The Bertz CT molecular complexity index is 1400. The summed E-state index contributed by atoms with van der Waals surface area (Å²) in [5.74, 6) is 0.843. The molecule has 2 amide bonds. The van der Waals surface area contributed by atoms with Crippen molar-refractivity contribution in [1.29, 1.82) is 0 Å². The van der Waals surface area contributed by atoms with E-state index in [0.29, 0.717) is 36.6 Å². The lowest BCUT2D eigenvalue weighted by Gasteiger charge is -2.19. The van der Waals surface area contributed by atoms with Crippen molar-refractivity contribution in [2.45, 2.75) is 32.4 Å². The molecule has 7 nitrogen and oxygen atoms in total. The van der Waals surface area contributed by atoms with E-state index in [1.165, 1.54) is 4.90 Å². The summed E-state index contributed by atoms with van der Waals surface area (Å²) in [5.41, 5.74) is 3.67. The van der Waals surface area contributed by atoms with Crippen LogP contribution in [0, 0.1) is 0 Å². The molecule has 5 rings (SSSR count). The molecule has 188 valence electrons. The molecule has 1 aliphatic heterocycles. The van der Waals surface area contributed by atoms with Crippen LogP contribution in [-0.2, 0) is 6.61 Å². The van der Waals surface area contributed by atoms with Crippen molar-refractivity contribution < 1.29 is 19.1 Å². The van der Waals surface area contributed by atoms with Crippen LogP contribution in [0.25, 0.3) is 10.9 Å². The van der Waals surface area contributed by atoms with E-state index in [9.17, 15) is 9.59 Å². The molecule has 0 radical (unpaired) electrons. The number of hydrogen-bond acceptors (Lipinski definition) is 6. The van der Waals surface area contributed by atoms with Gasteiger partial charge in [-0.15, -0.1) is 0 Å². The van der Waals surface area contributed by atoms with Crippen LogP contribution in [0.3, 0.4) is 0 Å². The number of carbonyl (C=O) groups excluding carboxylic acids is 2. The highest BCUT2D eigenvalue weighted by molar-refractivity contribution is 6.21. The Hall–Kier alpha value is -4.39. The van der Waals surface area contributed by atoms with Crippen LogP contribution in [0.5, 0.6) is 11.6 Å². The number of methoxy groups -OCH3 is 1. The zero-order valence-corrected chi connectivity index (χ0v) is 20.9. The van der Waals surface area contributed by atoms with Crippen molar-refractivity contribution in [3.05, 3.63) is 95.6 Å². The molecule has 0 saturated carbocycles. The molecule has 0 aliphatic carbocycles. The number of hydrogen-bond donors (Lipinski definition) is 1. The van der Waals surface area contributed by atoms with Crippen molar-refractivity contribution >= 4 is 28.4 Å². The molecule has 3 aromatic carbocycles. The van der Waals surface area contributed by atoms with Gasteiger partial charge in [0.2, 0.25) is 5.88 Å². The molecule has 2 heterocycles. The molecule has 1 aromatic heterocycles. The van der Waals surface area contributed by atoms with Gasteiger partial charge in [-0.05, 0) is 49.6 Å². The van der Waals surface area contributed by atoms with E-state index in [1.807, 2.05) is 54.6 Å². The number of carbonyl (C=O) groups is 2. The highest BCUT2D eigenvalue weighted by Gasteiger charge is 2.34. The number of nitrogens with zero attached hydrogens (tertiary/aromatic N) is 2. The molecule has 1 unspecified atom stereocenters. The van der Waals surface area contributed by atoms with Crippen molar-refractivity contribution in [3.8, 4) is 11.6 Å². The van der Waals surface area contributed by atoms with Gasteiger partial charge in [0.15, 0.2) is 0 Å². The average Bonchev–Trinajstić information content (AvgIpc) is 3.17. The fourth-order valence-electron chi connectivity index (χ4n) is 4.56. The molecule has 7 heteroatoms. The number of aromatic nitrogens is 1. The number of benzene rings is 3. The lowest BCUT2D eigenvalue weighted by molar-refractivity contribution is 0.0651. The van der Waals surface area contributed by atoms with Crippen molar-refractivity contribution in [2.24, 2.45) is 0 Å². The molecule has 0 saturated heterocycles. The molecular formula is C30H29N3O4. The van der Waals surface area contributed by atoms with Gasteiger partial charge >= 0.3 is 0 Å². The lowest BCUT2D eigenvalue weighted by atomic mass is 10.1. The fraction of sp³-hybridized carbons (Fsp3) is 0.233. The van der Waals surface area contributed by atoms with Gasteiger partial charge in [-0.1, -0.05) is 42.5 Å². The number of anilines is 1. The first kappa shape index (κ1) is 24.3. The van der Waals surface area contributed by atoms with E-state index in [1.54, 1.807) is 31.4 Å². The first-order valence-electron chi connectivity index (χ1n) is 12.4. The minimum atomic E-state index is -0.216. The Balaban J connectivity index is 1.25. The number of amides is 2. The van der Waals surface area contributed by atoms with Gasteiger partial charge in [-0.3, -0.25) is 14.5 Å². The van der Waals surface area contributed by atoms with Crippen LogP contribution in [-0.4, -0.2) is 41.4 Å². The Kier molecular flexibility index (Phi) is 7.03. The zero-order valence-electron chi connectivity index (χ0n) is 20.9. The topological polar surface area (TPSA) is 80.8 Å². The van der Waals surface area contributed by atoms with Gasteiger partial charge in [0.05, 0.1) is 29.4 Å². The molecule has 0 spiro atoms. The van der Waals surface area contributed by atoms with Crippen LogP contribution < -0.4 is 14.8 Å². The first-order chi connectivity index (χ1) is 18.0. The maximum Gasteiger partial charge on any atom is 0.261 e. The highest BCUT2D eigenvalue weighted by Crippen LogP contribution is 2.31. The Morgan fingerprint density at radius 2 is 1.62 bits per heavy atom. The van der Waals surface area contributed by atoms with E-state index in [0.717, 1.165) is 34.3 Å². The van der Waals surface area contributed by atoms with Crippen LogP contribution in [0.4, 0.5) is 5.69 Å². The maximum absolute atomic E-state index is 12.6. The van der Waals surface area contributed by atoms with Gasteiger partial charge in [0, 0.05) is 30.1 Å². The summed E-state index contributed by atoms with van der Waals surface area (Å²) in [6.07, 6.45) is 1.44. The molecular weight excluding hydrogens is 466 g/mol. The summed E-state index contributed by atoms with van der Waals surface area (Å²) in [6.45, 7) is 2.89. The van der Waals surface area contributed by atoms with Crippen LogP contribution >= 0.6 is 0 Å². The van der Waals surface area contributed by atoms with Gasteiger partial charge < -0.3 is 14.8 Å². The molecule has 1 N–H and O–H groups in total. The summed E-state index contributed by atoms with van der Waals surface area (Å²) >= 11 is 0. The van der Waals surface area contributed by atoms with Gasteiger partial charge in [0.25, 0.3) is 11.8 Å². The molecule has 0 fully saturated rings. The fourth-order valence-corrected chi connectivity index (χ4v) is 4.56. The molecule has 1 aliphatic rings. The monoisotopic (exact) mass is 495 g/mol. The number of fused-ring (bicyclic) bond motifs is 2. The quantitative estimate of drug-likeness (QED) is 0.284. The SMILES string of the molecule is COc1cc(NC(C)CCCN2C(=O)c3ccccc3C2=O)c2nc(OCc3ccccc3)ccc2c1. The number of pyridine rings is 1. The Morgan fingerprint density at radius 3 is 2.32 bits per heavy atom. The number of ether oxygens (including phenoxy) is 2. The third kappa shape index (κ3) is 5.26. The lowest BCUT2D eigenvalue weighted by Crippen LogP contribution is -2.31. The van der Waals surface area contributed by atoms with E-state index in [-0.39, 0.29) is 17.9 Å². The van der Waals surface area contributed by atoms with E-state index >= 15 is 0 Å². The summed E-state index contributed by atoms with van der Waals surface area (Å²) in [4.78, 5) is 31.4. The minimum Gasteiger partial charge on any atom is -0.497 e. The number of imide groups is 1. The van der Waals surface area contributed by atoms with Gasteiger partial charge in [-0.2, -0.15) is 0 Å². The second-order valence-electron chi connectivity index (χ2n) is 9.17. The van der Waals surface area contributed by atoms with Crippen LogP contribution in [0.1, 0.15) is 46.0 Å². The highest BCUT2D eigenvalue weighted by atomic mass is 16.5. The van der Waals surface area contributed by atoms with Gasteiger partial charge in [-0.25, -0.2) is 4.98 Å². The second-order valence-corrected chi connectivity index (χ2v) is 9.17. The van der Waals surface area contributed by atoms with E-state index in [2.05, 4.69) is 12.2 Å². The normalized spacial score (nSPS) is 13.5. The largest absolute Gasteiger partial charge is 0.497 e. The Morgan fingerprint density at radius 1 is 0.919 bits per heavy atom. The van der Waals surface area contributed by atoms with Crippen LogP contribution in [0.2, 0.25) is 0 Å². The average molecular weight is 496 g/mol.